The van der Waals surface area contributed by atoms with Gasteiger partial charge in [-0.3, -0.25) is 4.90 Å². The molecular formula is C14H28N2. The zero-order valence-electron chi connectivity index (χ0n) is 11.4. The van der Waals surface area contributed by atoms with Crippen molar-refractivity contribution in [2.45, 2.75) is 64.5 Å². The van der Waals surface area contributed by atoms with Crippen LogP contribution >= 0.6 is 0 Å². The van der Waals surface area contributed by atoms with E-state index in [9.17, 15) is 0 Å². The van der Waals surface area contributed by atoms with Crippen molar-refractivity contribution >= 4 is 0 Å². The van der Waals surface area contributed by atoms with Gasteiger partial charge >= 0.3 is 0 Å². The minimum absolute atomic E-state index is 0.288. The molecule has 0 aromatic heterocycles. The summed E-state index contributed by atoms with van der Waals surface area (Å²) < 4.78 is 0. The van der Waals surface area contributed by atoms with Crippen LogP contribution in [0.15, 0.2) is 0 Å². The summed E-state index contributed by atoms with van der Waals surface area (Å²) in [5.74, 6) is 0.729. The fourth-order valence-corrected chi connectivity index (χ4v) is 3.72. The first kappa shape index (κ1) is 12.4. The van der Waals surface area contributed by atoms with Crippen molar-refractivity contribution in [3.8, 4) is 0 Å². The smallest absolute Gasteiger partial charge is 0.0357 e. The van der Waals surface area contributed by atoms with Crippen molar-refractivity contribution < 1.29 is 0 Å². The normalized spacial score (nSPS) is 39.0. The van der Waals surface area contributed by atoms with Gasteiger partial charge in [0.25, 0.3) is 0 Å². The topological polar surface area (TPSA) is 29.3 Å². The summed E-state index contributed by atoms with van der Waals surface area (Å²) in [5, 5.41) is 0. The van der Waals surface area contributed by atoms with E-state index in [0.717, 1.165) is 18.5 Å². The Morgan fingerprint density at radius 1 is 1.25 bits per heavy atom. The van der Waals surface area contributed by atoms with E-state index < -0.39 is 0 Å². The zero-order valence-corrected chi connectivity index (χ0v) is 11.4. The van der Waals surface area contributed by atoms with Gasteiger partial charge in [-0.1, -0.05) is 20.8 Å². The number of rotatable bonds is 3. The highest BCUT2D eigenvalue weighted by Gasteiger charge is 2.48. The molecule has 94 valence electrons. The molecule has 2 saturated carbocycles. The van der Waals surface area contributed by atoms with Crippen LogP contribution in [0.25, 0.3) is 0 Å². The molecule has 2 fully saturated rings. The largest absolute Gasteiger partial charge is 0.329 e. The number of likely N-dealkylation sites (N-methyl/N-ethyl adjacent to an activating group) is 1. The fourth-order valence-electron chi connectivity index (χ4n) is 3.72. The molecule has 2 N–H and O–H groups in total. The molecule has 0 amide bonds. The molecule has 0 aromatic carbocycles. The average molecular weight is 224 g/mol. The molecule has 2 heteroatoms. The first-order valence-corrected chi connectivity index (χ1v) is 6.84. The molecular weight excluding hydrogens is 196 g/mol. The average Bonchev–Trinajstić information content (AvgIpc) is 3.00. The van der Waals surface area contributed by atoms with Crippen molar-refractivity contribution in [3.63, 3.8) is 0 Å². The van der Waals surface area contributed by atoms with Crippen LogP contribution < -0.4 is 5.73 Å². The van der Waals surface area contributed by atoms with E-state index in [1.807, 2.05) is 0 Å². The monoisotopic (exact) mass is 224 g/mol. The van der Waals surface area contributed by atoms with Gasteiger partial charge in [-0.15, -0.1) is 0 Å². The Bertz CT molecular complexity index is 257. The molecule has 2 atom stereocenters. The highest BCUT2D eigenvalue weighted by atomic mass is 15.2. The second kappa shape index (κ2) is 3.99. The lowest BCUT2D eigenvalue weighted by Gasteiger charge is -2.53. The Hall–Kier alpha value is -0.0800. The summed E-state index contributed by atoms with van der Waals surface area (Å²) in [6.07, 6.45) is 6.69. The van der Waals surface area contributed by atoms with E-state index in [1.165, 1.54) is 32.1 Å². The van der Waals surface area contributed by atoms with E-state index in [2.05, 4.69) is 32.7 Å². The Morgan fingerprint density at radius 2 is 1.88 bits per heavy atom. The number of nitrogens with two attached hydrogens (primary N) is 1. The first-order valence-electron chi connectivity index (χ1n) is 6.84. The van der Waals surface area contributed by atoms with Crippen LogP contribution in [0.2, 0.25) is 0 Å². The molecule has 0 radical (unpaired) electrons. The van der Waals surface area contributed by atoms with Crippen LogP contribution in [0.5, 0.6) is 0 Å². The molecule has 2 nitrogen and oxygen atoms in total. The maximum Gasteiger partial charge on any atom is 0.0357 e. The third-order valence-corrected chi connectivity index (χ3v) is 5.16. The van der Waals surface area contributed by atoms with Crippen molar-refractivity contribution in [3.05, 3.63) is 0 Å². The van der Waals surface area contributed by atoms with Gasteiger partial charge in [-0.05, 0) is 50.5 Å². The lowest BCUT2D eigenvalue weighted by atomic mass is 9.63. The quantitative estimate of drug-likeness (QED) is 0.798. The lowest BCUT2D eigenvalue weighted by molar-refractivity contribution is -0.0118. The van der Waals surface area contributed by atoms with E-state index >= 15 is 0 Å². The molecule has 16 heavy (non-hydrogen) atoms. The second-order valence-corrected chi connectivity index (χ2v) is 6.92. The maximum absolute atomic E-state index is 6.14. The number of nitrogens with zero attached hydrogens (tertiary/aromatic N) is 1. The third-order valence-electron chi connectivity index (χ3n) is 5.16. The highest BCUT2D eigenvalue weighted by molar-refractivity contribution is 5.04. The number of hydrogen-bond acceptors (Lipinski definition) is 2. The van der Waals surface area contributed by atoms with Crippen LogP contribution in [-0.2, 0) is 0 Å². The molecule has 0 heterocycles. The number of hydrogen-bond donors (Lipinski definition) is 1. The molecule has 0 saturated heterocycles. The van der Waals surface area contributed by atoms with Crippen molar-refractivity contribution in [2.75, 3.05) is 13.6 Å². The van der Waals surface area contributed by atoms with Crippen LogP contribution in [0.4, 0.5) is 0 Å². The molecule has 2 rings (SSSR count). The van der Waals surface area contributed by atoms with E-state index in [-0.39, 0.29) is 5.54 Å². The summed E-state index contributed by atoms with van der Waals surface area (Å²) >= 11 is 0. The van der Waals surface area contributed by atoms with Gasteiger partial charge in [0.1, 0.15) is 0 Å². The Balaban J connectivity index is 2.14. The Kier molecular flexibility index (Phi) is 3.09. The van der Waals surface area contributed by atoms with Crippen LogP contribution in [-0.4, -0.2) is 30.1 Å². The van der Waals surface area contributed by atoms with Crippen molar-refractivity contribution in [2.24, 2.45) is 17.1 Å². The third kappa shape index (κ3) is 2.02. The van der Waals surface area contributed by atoms with Gasteiger partial charge in [0.2, 0.25) is 0 Å². The van der Waals surface area contributed by atoms with Gasteiger partial charge in [-0.25, -0.2) is 0 Å². The van der Waals surface area contributed by atoms with E-state index in [1.54, 1.807) is 0 Å². The van der Waals surface area contributed by atoms with Crippen LogP contribution in [0, 0.1) is 11.3 Å². The Labute approximate surface area is 101 Å². The van der Waals surface area contributed by atoms with Crippen molar-refractivity contribution in [1.82, 2.24) is 4.90 Å². The summed E-state index contributed by atoms with van der Waals surface area (Å²) in [7, 11) is 2.30. The minimum atomic E-state index is 0.288. The molecule has 0 aliphatic heterocycles. The lowest BCUT2D eigenvalue weighted by Crippen LogP contribution is -2.60. The predicted molar refractivity (Wildman–Crippen MR) is 69.4 cm³/mol. The zero-order chi connectivity index (χ0) is 12.0. The van der Waals surface area contributed by atoms with Crippen LogP contribution in [0.1, 0.15) is 52.9 Å². The summed E-state index contributed by atoms with van der Waals surface area (Å²) in [5.41, 5.74) is 6.95. The second-order valence-electron chi connectivity index (χ2n) is 6.92. The molecule has 2 aliphatic rings. The van der Waals surface area contributed by atoms with Gasteiger partial charge in [0.15, 0.2) is 0 Å². The summed E-state index contributed by atoms with van der Waals surface area (Å²) in [6.45, 7) is 8.05. The predicted octanol–water partition coefficient (Wildman–Crippen LogP) is 2.62. The molecule has 0 bridgehead atoms. The summed E-state index contributed by atoms with van der Waals surface area (Å²) in [6, 6.07) is 0.826. The maximum atomic E-state index is 6.14. The van der Waals surface area contributed by atoms with Gasteiger partial charge in [0.05, 0.1) is 0 Å². The van der Waals surface area contributed by atoms with Gasteiger partial charge in [-0.2, -0.15) is 0 Å². The molecule has 2 unspecified atom stereocenters. The molecule has 0 aromatic rings. The van der Waals surface area contributed by atoms with Gasteiger partial charge < -0.3 is 5.73 Å². The highest BCUT2D eigenvalue weighted by Crippen LogP contribution is 2.48. The van der Waals surface area contributed by atoms with E-state index in [4.69, 9.17) is 5.73 Å². The van der Waals surface area contributed by atoms with Gasteiger partial charge in [0, 0.05) is 18.1 Å². The molecule has 2 aliphatic carbocycles. The SMILES string of the molecule is CC1CC(C)(C)CCC1(CN)N(C)C1CC1. The Morgan fingerprint density at radius 3 is 2.31 bits per heavy atom. The minimum Gasteiger partial charge on any atom is -0.329 e. The summed E-state index contributed by atoms with van der Waals surface area (Å²) in [4.78, 5) is 2.62. The fraction of sp³-hybridized carbons (Fsp3) is 1.00. The van der Waals surface area contributed by atoms with E-state index in [0.29, 0.717) is 5.41 Å². The molecule has 0 spiro atoms. The van der Waals surface area contributed by atoms with Crippen LogP contribution in [0.3, 0.4) is 0 Å². The standard InChI is InChI=1S/C14H28N2/c1-11-9-13(2,3)7-8-14(11,10-15)16(4)12-5-6-12/h11-12H,5-10,15H2,1-4H3. The van der Waals surface area contributed by atoms with Crippen molar-refractivity contribution in [1.29, 1.82) is 0 Å². The first-order chi connectivity index (χ1) is 7.41.